The van der Waals surface area contributed by atoms with Gasteiger partial charge in [0.15, 0.2) is 0 Å². The van der Waals surface area contributed by atoms with Gasteiger partial charge in [-0.25, -0.2) is 0 Å². The highest BCUT2D eigenvalue weighted by atomic mass is 79.9. The van der Waals surface area contributed by atoms with Crippen LogP contribution in [0.1, 0.15) is 36.0 Å². The average molecular weight is 324 g/mol. The molecule has 0 bridgehead atoms. The number of anilines is 1. The number of nitrogens with zero attached hydrogens (tertiary/aromatic N) is 1. The van der Waals surface area contributed by atoms with Crippen molar-refractivity contribution in [2.45, 2.75) is 39.3 Å². The van der Waals surface area contributed by atoms with Crippen molar-refractivity contribution in [1.82, 2.24) is 0 Å². The Morgan fingerprint density at radius 1 is 1.42 bits per heavy atom. The summed E-state index contributed by atoms with van der Waals surface area (Å²) < 4.78 is 7.02. The predicted octanol–water partition coefficient (Wildman–Crippen LogP) is 4.67. The van der Waals surface area contributed by atoms with Gasteiger partial charge < -0.3 is 9.64 Å². The van der Waals surface area contributed by atoms with Gasteiger partial charge in [-0.3, -0.25) is 0 Å². The van der Waals surface area contributed by atoms with Crippen LogP contribution in [0.25, 0.3) is 6.08 Å². The van der Waals surface area contributed by atoms with E-state index in [0.29, 0.717) is 0 Å². The molecule has 1 aromatic carbocycles. The molecule has 0 N–H and O–H groups in total. The molecule has 104 valence electrons. The summed E-state index contributed by atoms with van der Waals surface area (Å²) in [6, 6.07) is 2.23. The van der Waals surface area contributed by atoms with Gasteiger partial charge in [-0.05, 0) is 66.2 Å². The van der Waals surface area contributed by atoms with Crippen molar-refractivity contribution in [3.05, 3.63) is 33.8 Å². The van der Waals surface area contributed by atoms with Gasteiger partial charge in [0.2, 0.25) is 0 Å². The van der Waals surface area contributed by atoms with E-state index >= 15 is 0 Å². The third-order valence-electron chi connectivity index (χ3n) is 3.96. The summed E-state index contributed by atoms with van der Waals surface area (Å²) in [6.45, 7) is 9.10. The van der Waals surface area contributed by atoms with Crippen LogP contribution in [-0.4, -0.2) is 19.9 Å². The van der Waals surface area contributed by atoms with E-state index in [1.807, 2.05) is 6.08 Å². The Bertz CT molecular complexity index is 478. The molecular weight excluding hydrogens is 302 g/mol. The van der Waals surface area contributed by atoms with Gasteiger partial charge in [0.1, 0.15) is 6.23 Å². The Balaban J connectivity index is 2.40. The van der Waals surface area contributed by atoms with Gasteiger partial charge in [0.25, 0.3) is 0 Å². The van der Waals surface area contributed by atoms with Crippen molar-refractivity contribution in [3.63, 3.8) is 0 Å². The lowest BCUT2D eigenvalue weighted by Crippen LogP contribution is -2.37. The van der Waals surface area contributed by atoms with Gasteiger partial charge in [0, 0.05) is 29.4 Å². The summed E-state index contributed by atoms with van der Waals surface area (Å²) >= 11 is 3.70. The molecule has 19 heavy (non-hydrogen) atoms. The minimum absolute atomic E-state index is 0.182. The Morgan fingerprint density at radius 3 is 2.74 bits per heavy atom. The normalized spacial score (nSPS) is 19.3. The number of hydrogen-bond donors (Lipinski definition) is 0. The Morgan fingerprint density at radius 2 is 2.16 bits per heavy atom. The van der Waals surface area contributed by atoms with Gasteiger partial charge in [-0.15, -0.1) is 0 Å². The average Bonchev–Trinajstić information content (AvgIpc) is 2.44. The second-order valence-electron chi connectivity index (χ2n) is 5.20. The minimum atomic E-state index is 0.182. The van der Waals surface area contributed by atoms with E-state index < -0.39 is 0 Å². The summed E-state index contributed by atoms with van der Waals surface area (Å²) in [6.07, 6.45) is 5.61. The maximum absolute atomic E-state index is 5.88. The third-order valence-corrected chi connectivity index (χ3v) is 4.98. The molecule has 0 aromatic heterocycles. The lowest BCUT2D eigenvalue weighted by molar-refractivity contribution is 0.0174. The molecule has 3 heteroatoms. The molecule has 0 saturated carbocycles. The molecule has 1 saturated heterocycles. The number of hydrogen-bond acceptors (Lipinski definition) is 2. The lowest BCUT2D eigenvalue weighted by atomic mass is 10.0. The zero-order valence-electron chi connectivity index (χ0n) is 12.0. The van der Waals surface area contributed by atoms with Crippen LogP contribution in [0.5, 0.6) is 0 Å². The summed E-state index contributed by atoms with van der Waals surface area (Å²) in [7, 11) is 2.11. The van der Waals surface area contributed by atoms with Gasteiger partial charge in [-0.2, -0.15) is 0 Å². The first-order valence-electron chi connectivity index (χ1n) is 6.82. The maximum atomic E-state index is 5.88. The quantitative estimate of drug-likeness (QED) is 0.801. The number of halogens is 1. The SMILES string of the molecule is C=Cc1c(N(C)C2CCCCO2)cc(C)c(C)c1Br. The highest BCUT2D eigenvalue weighted by Crippen LogP contribution is 2.35. The summed E-state index contributed by atoms with van der Waals surface area (Å²) in [5.74, 6) is 0. The standard InChI is InChI=1S/C16H22BrNO/c1-5-13-14(10-11(2)12(3)16(13)17)18(4)15-8-6-7-9-19-15/h5,10,15H,1,6-9H2,2-4H3. The van der Waals surface area contributed by atoms with E-state index in [2.05, 4.69) is 54.4 Å². The number of ether oxygens (including phenoxy) is 1. The van der Waals surface area contributed by atoms with Crippen LogP contribution in [0.3, 0.4) is 0 Å². The molecule has 1 unspecified atom stereocenters. The van der Waals surface area contributed by atoms with Crippen molar-refractivity contribution in [3.8, 4) is 0 Å². The first-order valence-corrected chi connectivity index (χ1v) is 7.62. The zero-order valence-corrected chi connectivity index (χ0v) is 13.6. The van der Waals surface area contributed by atoms with Crippen LogP contribution >= 0.6 is 15.9 Å². The van der Waals surface area contributed by atoms with Crippen LogP contribution in [0, 0.1) is 13.8 Å². The van der Waals surface area contributed by atoms with E-state index in [1.165, 1.54) is 29.7 Å². The highest BCUT2D eigenvalue weighted by molar-refractivity contribution is 9.10. The highest BCUT2D eigenvalue weighted by Gasteiger charge is 2.22. The fourth-order valence-electron chi connectivity index (χ4n) is 2.55. The van der Waals surface area contributed by atoms with Crippen molar-refractivity contribution in [2.75, 3.05) is 18.6 Å². The molecule has 2 nitrogen and oxygen atoms in total. The van der Waals surface area contributed by atoms with Crippen molar-refractivity contribution >= 4 is 27.7 Å². The number of rotatable bonds is 3. The largest absolute Gasteiger partial charge is 0.358 e. The summed E-state index contributed by atoms with van der Waals surface area (Å²) in [5.41, 5.74) is 4.91. The molecule has 2 rings (SSSR count). The first-order chi connectivity index (χ1) is 9.06. The van der Waals surface area contributed by atoms with Crippen LogP contribution < -0.4 is 4.90 Å². The number of benzene rings is 1. The van der Waals surface area contributed by atoms with E-state index in [-0.39, 0.29) is 6.23 Å². The molecule has 1 fully saturated rings. The van der Waals surface area contributed by atoms with Crippen molar-refractivity contribution in [1.29, 1.82) is 0 Å². The van der Waals surface area contributed by atoms with Gasteiger partial charge in [0.05, 0.1) is 0 Å². The molecule has 0 aliphatic carbocycles. The number of aryl methyl sites for hydroxylation is 1. The second kappa shape index (κ2) is 6.10. The van der Waals surface area contributed by atoms with Crippen LogP contribution in [-0.2, 0) is 4.74 Å². The Labute approximate surface area is 124 Å². The lowest BCUT2D eigenvalue weighted by Gasteiger charge is -2.34. The molecule has 1 heterocycles. The Kier molecular flexibility index (Phi) is 4.69. The molecule has 0 radical (unpaired) electrons. The van der Waals surface area contributed by atoms with E-state index in [1.54, 1.807) is 0 Å². The van der Waals surface area contributed by atoms with Crippen LogP contribution in [0.15, 0.2) is 17.1 Å². The maximum Gasteiger partial charge on any atom is 0.129 e. The molecule has 1 aromatic rings. The fraction of sp³-hybridized carbons (Fsp3) is 0.500. The van der Waals surface area contributed by atoms with E-state index in [9.17, 15) is 0 Å². The van der Waals surface area contributed by atoms with E-state index in [0.717, 1.165) is 23.1 Å². The summed E-state index contributed by atoms with van der Waals surface area (Å²) in [5, 5.41) is 0. The monoisotopic (exact) mass is 323 g/mol. The predicted molar refractivity (Wildman–Crippen MR) is 85.7 cm³/mol. The topological polar surface area (TPSA) is 12.5 Å². The smallest absolute Gasteiger partial charge is 0.129 e. The molecule has 0 spiro atoms. The molecule has 1 atom stereocenters. The van der Waals surface area contributed by atoms with Gasteiger partial charge >= 0.3 is 0 Å². The van der Waals surface area contributed by atoms with Crippen LogP contribution in [0.4, 0.5) is 5.69 Å². The second-order valence-corrected chi connectivity index (χ2v) is 5.99. The molecular formula is C16H22BrNO. The van der Waals surface area contributed by atoms with Crippen LogP contribution in [0.2, 0.25) is 0 Å². The first kappa shape index (κ1) is 14.6. The molecule has 1 aliphatic rings. The Hall–Kier alpha value is -0.800. The molecule has 1 aliphatic heterocycles. The minimum Gasteiger partial charge on any atom is -0.358 e. The molecule has 0 amide bonds. The fourth-order valence-corrected chi connectivity index (χ4v) is 3.23. The van der Waals surface area contributed by atoms with E-state index in [4.69, 9.17) is 4.74 Å². The van der Waals surface area contributed by atoms with Crippen molar-refractivity contribution < 1.29 is 4.74 Å². The zero-order chi connectivity index (χ0) is 14.0. The van der Waals surface area contributed by atoms with Gasteiger partial charge in [-0.1, -0.05) is 12.7 Å². The summed E-state index contributed by atoms with van der Waals surface area (Å²) in [4.78, 5) is 2.24. The van der Waals surface area contributed by atoms with Crippen molar-refractivity contribution in [2.24, 2.45) is 0 Å². The third kappa shape index (κ3) is 2.87.